The lowest BCUT2D eigenvalue weighted by molar-refractivity contribution is -0.160. The first-order valence-electron chi connectivity index (χ1n) is 11.0. The van der Waals surface area contributed by atoms with Crippen molar-refractivity contribution >= 4 is 38.4 Å². The number of aryl methyl sites for hydroxylation is 3. The number of thiophene rings is 1. The van der Waals surface area contributed by atoms with Crippen molar-refractivity contribution in [2.75, 3.05) is 0 Å². The van der Waals surface area contributed by atoms with Crippen molar-refractivity contribution in [3.8, 4) is 11.1 Å². The van der Waals surface area contributed by atoms with Crippen LogP contribution in [0.2, 0.25) is 0 Å². The Labute approximate surface area is 190 Å². The van der Waals surface area contributed by atoms with E-state index in [1.54, 1.807) is 17.5 Å². The Bertz CT molecular complexity index is 1350. The van der Waals surface area contributed by atoms with Gasteiger partial charge in [0.05, 0.1) is 17.3 Å². The summed E-state index contributed by atoms with van der Waals surface area (Å²) in [6.07, 6.45) is 5.08. The van der Waals surface area contributed by atoms with Crippen LogP contribution in [-0.4, -0.2) is 31.9 Å². The second kappa shape index (κ2) is 7.67. The largest absolute Gasteiger partial charge is 0.479 e. The van der Waals surface area contributed by atoms with Crippen LogP contribution in [-0.2, 0) is 22.4 Å². The van der Waals surface area contributed by atoms with E-state index < -0.39 is 17.7 Å². The lowest BCUT2D eigenvalue weighted by Crippen LogP contribution is -2.28. The second-order valence-electron chi connectivity index (χ2n) is 9.50. The van der Waals surface area contributed by atoms with E-state index in [0.29, 0.717) is 11.3 Å². The Morgan fingerprint density at radius 1 is 1.25 bits per heavy atom. The van der Waals surface area contributed by atoms with Gasteiger partial charge in [-0.2, -0.15) is 5.10 Å². The third-order valence-electron chi connectivity index (χ3n) is 6.02. The summed E-state index contributed by atoms with van der Waals surface area (Å²) in [5.74, 6) is -1.00. The molecule has 0 spiro atoms. The van der Waals surface area contributed by atoms with Gasteiger partial charge in [-0.3, -0.25) is 5.10 Å². The number of fused-ring (bicyclic) bond motifs is 4. The SMILES string of the molecule is Cc1nc2sc3c(c2c(-c2ccc4[nH]ncc4c2)c1C(OC(C)(C)C)C(=O)O)CCCC3. The average Bonchev–Trinajstić information content (AvgIpc) is 3.33. The number of rotatable bonds is 4. The number of hydrogen-bond acceptors (Lipinski definition) is 5. The van der Waals surface area contributed by atoms with Crippen LogP contribution in [0.5, 0.6) is 0 Å². The number of H-pyrrole nitrogens is 1. The van der Waals surface area contributed by atoms with Gasteiger partial charge in [0.15, 0.2) is 6.10 Å². The molecule has 0 saturated heterocycles. The van der Waals surface area contributed by atoms with E-state index in [1.807, 2.05) is 39.8 Å². The van der Waals surface area contributed by atoms with Gasteiger partial charge in [-0.25, -0.2) is 9.78 Å². The first-order chi connectivity index (χ1) is 15.2. The van der Waals surface area contributed by atoms with Gasteiger partial charge >= 0.3 is 5.97 Å². The lowest BCUT2D eigenvalue weighted by atomic mass is 9.87. The molecule has 0 radical (unpaired) electrons. The van der Waals surface area contributed by atoms with E-state index in [4.69, 9.17) is 9.72 Å². The summed E-state index contributed by atoms with van der Waals surface area (Å²) in [5, 5.41) is 19.5. The standard InChI is InChI=1S/C25H27N3O3S/c1-13-19(22(24(29)30)31-25(2,3)4)20(14-9-10-17-15(11-14)12-26-28-17)21-16-7-5-6-8-18(16)32-23(21)27-13/h9-12,22H,5-8H2,1-4H3,(H,26,28)(H,29,30). The number of aromatic nitrogens is 3. The molecule has 1 unspecified atom stereocenters. The van der Waals surface area contributed by atoms with Gasteiger partial charge in [-0.1, -0.05) is 6.07 Å². The molecule has 3 aromatic heterocycles. The molecule has 7 heteroatoms. The first-order valence-corrected chi connectivity index (χ1v) is 11.8. The Morgan fingerprint density at radius 2 is 2.03 bits per heavy atom. The molecule has 4 aromatic rings. The van der Waals surface area contributed by atoms with Crippen molar-refractivity contribution in [2.45, 2.75) is 65.1 Å². The van der Waals surface area contributed by atoms with Gasteiger partial charge in [0.25, 0.3) is 0 Å². The van der Waals surface area contributed by atoms with Crippen molar-refractivity contribution in [2.24, 2.45) is 0 Å². The molecule has 32 heavy (non-hydrogen) atoms. The molecule has 3 heterocycles. The van der Waals surface area contributed by atoms with E-state index >= 15 is 0 Å². The fraction of sp³-hybridized carbons (Fsp3) is 0.400. The highest BCUT2D eigenvalue weighted by Crippen LogP contribution is 2.46. The van der Waals surface area contributed by atoms with Crippen LogP contribution in [0.4, 0.5) is 0 Å². The predicted octanol–water partition coefficient (Wildman–Crippen LogP) is 5.97. The van der Waals surface area contributed by atoms with E-state index in [0.717, 1.165) is 51.5 Å². The van der Waals surface area contributed by atoms with Gasteiger partial charge < -0.3 is 9.84 Å². The van der Waals surface area contributed by atoms with Gasteiger partial charge in [0, 0.05) is 32.5 Å². The molecule has 2 N–H and O–H groups in total. The topological polar surface area (TPSA) is 88.1 Å². The number of benzene rings is 1. The van der Waals surface area contributed by atoms with Crippen LogP contribution in [0.1, 0.15) is 61.4 Å². The number of hydrogen-bond donors (Lipinski definition) is 2. The average molecular weight is 450 g/mol. The number of ether oxygens (including phenoxy) is 1. The van der Waals surface area contributed by atoms with Crippen molar-refractivity contribution in [3.05, 3.63) is 46.1 Å². The van der Waals surface area contributed by atoms with Crippen LogP contribution < -0.4 is 0 Å². The molecule has 0 aliphatic heterocycles. The van der Waals surface area contributed by atoms with Gasteiger partial charge in [-0.15, -0.1) is 11.3 Å². The van der Waals surface area contributed by atoms with E-state index in [9.17, 15) is 9.90 Å². The maximum atomic E-state index is 12.5. The van der Waals surface area contributed by atoms with E-state index in [2.05, 4.69) is 16.3 Å². The number of aliphatic carboxylic acids is 1. The molecule has 0 saturated carbocycles. The van der Waals surface area contributed by atoms with Crippen molar-refractivity contribution in [1.29, 1.82) is 0 Å². The number of nitrogens with one attached hydrogen (secondary N) is 1. The summed E-state index contributed by atoms with van der Waals surface area (Å²) < 4.78 is 6.12. The maximum Gasteiger partial charge on any atom is 0.337 e. The molecule has 5 rings (SSSR count). The smallest absolute Gasteiger partial charge is 0.337 e. The van der Waals surface area contributed by atoms with Crippen molar-refractivity contribution < 1.29 is 14.6 Å². The number of carboxylic acid groups (broad SMARTS) is 1. The van der Waals surface area contributed by atoms with Crippen molar-refractivity contribution in [1.82, 2.24) is 15.2 Å². The molecule has 1 aromatic carbocycles. The van der Waals surface area contributed by atoms with Gasteiger partial charge in [-0.05, 0) is 76.6 Å². The molecule has 1 aliphatic rings. The predicted molar refractivity (Wildman–Crippen MR) is 127 cm³/mol. The van der Waals surface area contributed by atoms with Crippen LogP contribution in [0.3, 0.4) is 0 Å². The normalized spacial score (nSPS) is 15.2. The van der Waals surface area contributed by atoms with E-state index in [-0.39, 0.29) is 0 Å². The van der Waals surface area contributed by atoms with Crippen molar-refractivity contribution in [3.63, 3.8) is 0 Å². The molecule has 1 aliphatic carbocycles. The van der Waals surface area contributed by atoms with Crippen LogP contribution in [0, 0.1) is 6.92 Å². The van der Waals surface area contributed by atoms with Gasteiger partial charge in [0.1, 0.15) is 4.83 Å². The molecule has 1 atom stereocenters. The number of carboxylic acids is 1. The fourth-order valence-electron chi connectivity index (χ4n) is 4.72. The number of carbonyl (C=O) groups is 1. The summed E-state index contributed by atoms with van der Waals surface area (Å²) in [6.45, 7) is 7.55. The summed E-state index contributed by atoms with van der Waals surface area (Å²) >= 11 is 1.75. The Balaban J connectivity index is 1.87. The fourth-order valence-corrected chi connectivity index (χ4v) is 6.04. The highest BCUT2D eigenvalue weighted by atomic mass is 32.1. The van der Waals surface area contributed by atoms with Gasteiger partial charge in [0.2, 0.25) is 0 Å². The monoisotopic (exact) mass is 449 g/mol. The molecular formula is C25H27N3O3S. The zero-order valence-corrected chi connectivity index (χ0v) is 19.6. The second-order valence-corrected chi connectivity index (χ2v) is 10.6. The summed E-state index contributed by atoms with van der Waals surface area (Å²) in [6, 6.07) is 6.13. The molecular weight excluding hydrogens is 422 g/mol. The van der Waals surface area contributed by atoms with Crippen LogP contribution in [0.15, 0.2) is 24.4 Å². The summed E-state index contributed by atoms with van der Waals surface area (Å²) in [5.41, 5.74) is 4.91. The Morgan fingerprint density at radius 3 is 2.78 bits per heavy atom. The number of pyridine rings is 1. The number of aromatic amines is 1. The highest BCUT2D eigenvalue weighted by Gasteiger charge is 2.34. The quantitative estimate of drug-likeness (QED) is 0.401. The zero-order chi connectivity index (χ0) is 22.6. The minimum absolute atomic E-state index is 0.621. The molecule has 6 nitrogen and oxygen atoms in total. The summed E-state index contributed by atoms with van der Waals surface area (Å²) in [4.78, 5) is 19.8. The first kappa shape index (κ1) is 21.1. The zero-order valence-electron chi connectivity index (χ0n) is 18.8. The summed E-state index contributed by atoms with van der Waals surface area (Å²) in [7, 11) is 0. The third kappa shape index (κ3) is 3.59. The highest BCUT2D eigenvalue weighted by molar-refractivity contribution is 7.19. The van der Waals surface area contributed by atoms with E-state index in [1.165, 1.54) is 16.9 Å². The molecule has 0 amide bonds. The van der Waals surface area contributed by atoms with Crippen LogP contribution >= 0.6 is 11.3 Å². The molecule has 166 valence electrons. The Hall–Kier alpha value is -2.77. The maximum absolute atomic E-state index is 12.5. The number of nitrogens with zero attached hydrogens (tertiary/aromatic N) is 2. The molecule has 0 fully saturated rings. The molecule has 0 bridgehead atoms. The minimum Gasteiger partial charge on any atom is -0.479 e. The lowest BCUT2D eigenvalue weighted by Gasteiger charge is -2.28. The van der Waals surface area contributed by atoms with Crippen LogP contribution in [0.25, 0.3) is 32.2 Å². The minimum atomic E-state index is -1.11. The third-order valence-corrected chi connectivity index (χ3v) is 7.20. The Kier molecular flexibility index (Phi) is 5.06.